The molecule has 0 fully saturated rings. The first-order valence-corrected chi connectivity index (χ1v) is 7.23. The number of halogens is 3. The molecule has 18 heavy (non-hydrogen) atoms. The summed E-state index contributed by atoms with van der Waals surface area (Å²) in [5.74, 6) is 0. The van der Waals surface area contributed by atoms with Crippen LogP contribution in [0.4, 0.5) is 0 Å². The topological polar surface area (TPSA) is 43.8 Å². The van der Waals surface area contributed by atoms with Crippen molar-refractivity contribution in [3.8, 4) is 0 Å². The van der Waals surface area contributed by atoms with Crippen LogP contribution in [0.1, 0.15) is 23.0 Å². The van der Waals surface area contributed by atoms with Gasteiger partial charge in [-0.1, -0.05) is 34.8 Å². The zero-order valence-corrected chi connectivity index (χ0v) is 13.0. The summed E-state index contributed by atoms with van der Waals surface area (Å²) < 4.78 is 3.01. The Labute approximate surface area is 124 Å². The molecule has 0 radical (unpaired) electrons. The summed E-state index contributed by atoms with van der Waals surface area (Å²) in [6, 6.07) is 1.56. The van der Waals surface area contributed by atoms with E-state index in [2.05, 4.69) is 5.10 Å². The van der Waals surface area contributed by atoms with E-state index in [1.165, 1.54) is 11.3 Å². The Morgan fingerprint density at radius 2 is 2.11 bits per heavy atom. The lowest BCUT2D eigenvalue weighted by Crippen LogP contribution is -2.15. The molecule has 0 aliphatic heterocycles. The first-order chi connectivity index (χ1) is 8.40. The maximum absolute atomic E-state index is 6.20. The largest absolute Gasteiger partial charge is 0.324 e. The monoisotopic (exact) mass is 323 g/mol. The Morgan fingerprint density at radius 3 is 2.56 bits per heavy atom. The van der Waals surface area contributed by atoms with Gasteiger partial charge in [0, 0.05) is 25.1 Å². The van der Waals surface area contributed by atoms with Gasteiger partial charge in [-0.2, -0.15) is 5.10 Å². The summed E-state index contributed by atoms with van der Waals surface area (Å²) in [6.45, 7) is 1.87. The summed E-state index contributed by atoms with van der Waals surface area (Å²) in [7, 11) is 1.85. The van der Waals surface area contributed by atoms with E-state index in [1.54, 1.807) is 10.7 Å². The molecule has 98 valence electrons. The van der Waals surface area contributed by atoms with Crippen LogP contribution in [0.15, 0.2) is 6.07 Å². The minimum Gasteiger partial charge on any atom is -0.324 e. The van der Waals surface area contributed by atoms with E-state index in [9.17, 15) is 0 Å². The number of nitrogens with two attached hydrogens (primary N) is 1. The molecule has 0 spiro atoms. The molecule has 0 aliphatic rings. The molecule has 3 nitrogen and oxygen atoms in total. The van der Waals surface area contributed by atoms with Gasteiger partial charge in [-0.25, -0.2) is 0 Å². The number of nitrogens with zero attached hydrogens (tertiary/aromatic N) is 2. The van der Waals surface area contributed by atoms with E-state index >= 15 is 0 Å². The number of aryl methyl sites for hydroxylation is 2. The molecule has 0 saturated heterocycles. The van der Waals surface area contributed by atoms with E-state index in [0.29, 0.717) is 20.1 Å². The van der Waals surface area contributed by atoms with Crippen LogP contribution in [0, 0.1) is 6.92 Å². The van der Waals surface area contributed by atoms with Crippen molar-refractivity contribution in [2.45, 2.75) is 19.4 Å². The minimum atomic E-state index is -0.242. The lowest BCUT2D eigenvalue weighted by Gasteiger charge is -2.11. The smallest absolute Gasteiger partial charge is 0.0992 e. The molecule has 0 aromatic carbocycles. The standard InChI is InChI=1S/C11H12Cl3N3S/c1-5-10(13)8(17(2)16-5)4-7(15)6-3-9(12)18-11(6)14/h3,7H,4,15H2,1-2H3. The number of rotatable bonds is 3. The molecule has 1 unspecified atom stereocenters. The Balaban J connectivity index is 2.26. The van der Waals surface area contributed by atoms with Gasteiger partial charge in [0.2, 0.25) is 0 Å². The molecule has 0 saturated carbocycles. The third kappa shape index (κ3) is 2.68. The molecule has 2 aromatic heterocycles. The van der Waals surface area contributed by atoms with Crippen molar-refractivity contribution in [1.29, 1.82) is 0 Å². The van der Waals surface area contributed by atoms with Crippen molar-refractivity contribution in [2.24, 2.45) is 12.8 Å². The Morgan fingerprint density at radius 1 is 1.44 bits per heavy atom. The van der Waals surface area contributed by atoms with E-state index in [1.807, 2.05) is 14.0 Å². The van der Waals surface area contributed by atoms with Crippen LogP contribution in [0.3, 0.4) is 0 Å². The maximum atomic E-state index is 6.20. The molecule has 2 N–H and O–H groups in total. The highest BCUT2D eigenvalue weighted by atomic mass is 35.5. The van der Waals surface area contributed by atoms with Gasteiger partial charge < -0.3 is 5.73 Å². The maximum Gasteiger partial charge on any atom is 0.0992 e. The average Bonchev–Trinajstić information content (AvgIpc) is 2.73. The van der Waals surface area contributed by atoms with Gasteiger partial charge in [-0.3, -0.25) is 4.68 Å². The molecule has 0 aliphatic carbocycles. The van der Waals surface area contributed by atoms with Crippen LogP contribution in [0.2, 0.25) is 13.7 Å². The molecule has 1 atom stereocenters. The fourth-order valence-corrected chi connectivity index (χ4v) is 3.66. The van der Waals surface area contributed by atoms with Crippen LogP contribution in [-0.2, 0) is 13.5 Å². The molecule has 0 amide bonds. The average molecular weight is 325 g/mol. The van der Waals surface area contributed by atoms with Gasteiger partial charge in [0.25, 0.3) is 0 Å². The molecular formula is C11H12Cl3N3S. The van der Waals surface area contributed by atoms with Crippen molar-refractivity contribution in [3.63, 3.8) is 0 Å². The molecule has 0 bridgehead atoms. The molecular weight excluding hydrogens is 313 g/mol. The minimum absolute atomic E-state index is 0.242. The molecule has 2 heterocycles. The van der Waals surface area contributed by atoms with Crippen LogP contribution in [0.25, 0.3) is 0 Å². The predicted octanol–water partition coefficient (Wildman–Crippen LogP) is 3.99. The number of hydrogen-bond donors (Lipinski definition) is 1. The second kappa shape index (κ2) is 5.39. The number of aromatic nitrogens is 2. The lowest BCUT2D eigenvalue weighted by atomic mass is 10.1. The Bertz CT molecular complexity index is 576. The van der Waals surface area contributed by atoms with E-state index in [0.717, 1.165) is 17.0 Å². The fraction of sp³-hybridized carbons (Fsp3) is 0.364. The van der Waals surface area contributed by atoms with Gasteiger partial charge >= 0.3 is 0 Å². The second-order valence-electron chi connectivity index (χ2n) is 4.06. The van der Waals surface area contributed by atoms with Crippen molar-refractivity contribution in [2.75, 3.05) is 0 Å². The number of hydrogen-bond acceptors (Lipinski definition) is 3. The van der Waals surface area contributed by atoms with E-state index in [-0.39, 0.29) is 6.04 Å². The van der Waals surface area contributed by atoms with Crippen LogP contribution in [0.5, 0.6) is 0 Å². The first kappa shape index (κ1) is 14.2. The third-order valence-corrected chi connectivity index (χ3v) is 4.77. The highest BCUT2D eigenvalue weighted by Crippen LogP contribution is 2.36. The van der Waals surface area contributed by atoms with Gasteiger partial charge in [-0.15, -0.1) is 11.3 Å². The predicted molar refractivity (Wildman–Crippen MR) is 77.9 cm³/mol. The highest BCUT2D eigenvalue weighted by molar-refractivity contribution is 7.20. The quantitative estimate of drug-likeness (QED) is 0.927. The Hall–Kier alpha value is -0.260. The van der Waals surface area contributed by atoms with Gasteiger partial charge in [-0.05, 0) is 13.0 Å². The van der Waals surface area contributed by atoms with Crippen molar-refractivity contribution >= 4 is 46.1 Å². The molecule has 2 aromatic rings. The summed E-state index contributed by atoms with van der Waals surface area (Å²) in [5, 5.41) is 4.92. The third-order valence-electron chi connectivity index (χ3n) is 2.76. The molecule has 2 rings (SSSR count). The van der Waals surface area contributed by atoms with Crippen molar-refractivity contribution < 1.29 is 0 Å². The van der Waals surface area contributed by atoms with Gasteiger partial charge in [0.05, 0.1) is 25.1 Å². The number of thiophene rings is 1. The zero-order valence-electron chi connectivity index (χ0n) is 9.88. The second-order valence-corrected chi connectivity index (χ2v) is 6.72. The zero-order chi connectivity index (χ0) is 13.4. The first-order valence-electron chi connectivity index (χ1n) is 5.28. The van der Waals surface area contributed by atoms with Crippen LogP contribution >= 0.6 is 46.1 Å². The van der Waals surface area contributed by atoms with Crippen LogP contribution < -0.4 is 5.73 Å². The highest BCUT2D eigenvalue weighted by Gasteiger charge is 2.19. The van der Waals surface area contributed by atoms with Crippen molar-refractivity contribution in [1.82, 2.24) is 9.78 Å². The van der Waals surface area contributed by atoms with Crippen molar-refractivity contribution in [3.05, 3.63) is 36.7 Å². The molecule has 7 heteroatoms. The van der Waals surface area contributed by atoms with Crippen LogP contribution in [-0.4, -0.2) is 9.78 Å². The van der Waals surface area contributed by atoms with Gasteiger partial charge in [0.15, 0.2) is 0 Å². The summed E-state index contributed by atoms with van der Waals surface area (Å²) in [5.41, 5.74) is 8.71. The lowest BCUT2D eigenvalue weighted by molar-refractivity contribution is 0.641. The summed E-state index contributed by atoms with van der Waals surface area (Å²) in [4.78, 5) is 0. The normalized spacial score (nSPS) is 13.0. The van der Waals surface area contributed by atoms with E-state index in [4.69, 9.17) is 40.5 Å². The Kier molecular flexibility index (Phi) is 4.24. The SMILES string of the molecule is Cc1nn(C)c(CC(N)c2cc(Cl)sc2Cl)c1Cl. The fourth-order valence-electron chi connectivity index (χ4n) is 1.83. The summed E-state index contributed by atoms with van der Waals surface area (Å²) in [6.07, 6.45) is 0.572. The van der Waals surface area contributed by atoms with E-state index < -0.39 is 0 Å². The van der Waals surface area contributed by atoms with Gasteiger partial charge in [0.1, 0.15) is 0 Å². The summed E-state index contributed by atoms with van der Waals surface area (Å²) >= 11 is 19.5.